The number of aromatic nitrogens is 4. The lowest BCUT2D eigenvalue weighted by Gasteiger charge is -2.43. The van der Waals surface area contributed by atoms with E-state index in [1.54, 1.807) is 32.0 Å². The van der Waals surface area contributed by atoms with Crippen LogP contribution in [0.3, 0.4) is 0 Å². The average Bonchev–Trinajstić information content (AvgIpc) is 3.04. The van der Waals surface area contributed by atoms with Crippen LogP contribution >= 0.6 is 0 Å². The number of likely N-dealkylation sites (N-methyl/N-ethyl adjacent to an activating group) is 1. The zero-order chi connectivity index (χ0) is 31.5. The smallest absolute Gasteiger partial charge is 0.229 e. The van der Waals surface area contributed by atoms with E-state index in [4.69, 9.17) is 9.72 Å². The van der Waals surface area contributed by atoms with Crippen LogP contribution in [0, 0.1) is 13.8 Å². The second-order valence-corrected chi connectivity index (χ2v) is 13.0. The van der Waals surface area contributed by atoms with E-state index in [2.05, 4.69) is 71.1 Å². The molecule has 12 nitrogen and oxygen atoms in total. The normalized spacial score (nSPS) is 17.3. The van der Waals surface area contributed by atoms with E-state index in [1.807, 2.05) is 19.1 Å². The third-order valence-corrected chi connectivity index (χ3v) is 9.23. The maximum Gasteiger partial charge on any atom is 0.229 e. The number of benzene rings is 2. The molecule has 4 aromatic rings. The fraction of sp³-hybridized carbons (Fsp3) is 0.438. The summed E-state index contributed by atoms with van der Waals surface area (Å²) in [5.41, 5.74) is 6.60. The van der Waals surface area contributed by atoms with Gasteiger partial charge in [0.1, 0.15) is 28.1 Å². The van der Waals surface area contributed by atoms with E-state index in [-0.39, 0.29) is 0 Å². The topological polar surface area (TPSA) is 124 Å². The highest BCUT2D eigenvalue weighted by molar-refractivity contribution is 7.85. The van der Waals surface area contributed by atoms with Crippen molar-refractivity contribution in [2.45, 2.75) is 32.7 Å². The minimum atomic E-state index is -1.32. The van der Waals surface area contributed by atoms with Gasteiger partial charge in [-0.15, -0.1) is 0 Å². The molecule has 2 saturated heterocycles. The Kier molecular flexibility index (Phi) is 9.29. The van der Waals surface area contributed by atoms with Crippen molar-refractivity contribution in [2.75, 3.05) is 79.9 Å². The van der Waals surface area contributed by atoms with Crippen molar-refractivity contribution in [1.82, 2.24) is 29.7 Å². The summed E-state index contributed by atoms with van der Waals surface area (Å²) in [7, 11) is 2.59. The molecule has 2 aromatic heterocycles. The number of fused-ring (bicyclic) bond motifs is 1. The number of anilines is 6. The van der Waals surface area contributed by atoms with Gasteiger partial charge >= 0.3 is 0 Å². The number of rotatable bonds is 9. The van der Waals surface area contributed by atoms with Crippen LogP contribution in [0.2, 0.25) is 0 Å². The van der Waals surface area contributed by atoms with Gasteiger partial charge in [0.25, 0.3) is 0 Å². The van der Waals surface area contributed by atoms with Gasteiger partial charge in [0.15, 0.2) is 0 Å². The van der Waals surface area contributed by atoms with E-state index >= 15 is 0 Å². The van der Waals surface area contributed by atoms with Crippen LogP contribution in [0.4, 0.5) is 34.5 Å². The predicted molar refractivity (Wildman–Crippen MR) is 183 cm³/mol. The van der Waals surface area contributed by atoms with Gasteiger partial charge in [-0.1, -0.05) is 0 Å². The van der Waals surface area contributed by atoms with Gasteiger partial charge in [-0.05, 0) is 57.5 Å². The van der Waals surface area contributed by atoms with Crippen molar-refractivity contribution in [3.05, 3.63) is 54.0 Å². The molecule has 2 aromatic carbocycles. The Morgan fingerprint density at radius 3 is 2.40 bits per heavy atom. The number of hydrogen-bond acceptors (Lipinski definition) is 11. The molecule has 2 aliphatic heterocycles. The van der Waals surface area contributed by atoms with E-state index in [0.717, 1.165) is 43.2 Å². The zero-order valence-corrected chi connectivity index (χ0v) is 27.4. The largest absolute Gasteiger partial charge is 0.494 e. The van der Waals surface area contributed by atoms with Crippen molar-refractivity contribution in [2.24, 2.45) is 0 Å². The standard InChI is InChI=1S/C32H42N10O2S/c1-21-18-26(28(44-4)19-27(21)42-12-8-23(9-13-42)41-16-14-40(3)15-17-41)37-32-35-20-22(2)31(38-32)36-25-7-6-24-29(34-11-10-33-24)30(25)39-45(5)43/h6-7,10-11,18-20,23,39H,8-9,12-17H2,1-5H3,(H2,35,36,37,38). The molecule has 0 spiro atoms. The van der Waals surface area contributed by atoms with Gasteiger partial charge in [0.2, 0.25) is 5.95 Å². The van der Waals surface area contributed by atoms with E-state index in [1.165, 1.54) is 37.2 Å². The van der Waals surface area contributed by atoms with Gasteiger partial charge in [-0.25, -0.2) is 9.19 Å². The summed E-state index contributed by atoms with van der Waals surface area (Å²) in [4.78, 5) is 25.8. The van der Waals surface area contributed by atoms with Gasteiger partial charge in [0.05, 0.1) is 29.7 Å². The van der Waals surface area contributed by atoms with Gasteiger partial charge in [-0.2, -0.15) is 4.98 Å². The minimum absolute atomic E-state index is 0.427. The Hall–Kier alpha value is -4.07. The summed E-state index contributed by atoms with van der Waals surface area (Å²) < 4.78 is 21.0. The lowest BCUT2D eigenvalue weighted by atomic mass is 10.0. The summed E-state index contributed by atoms with van der Waals surface area (Å²) in [5.74, 6) is 1.77. The van der Waals surface area contributed by atoms with Crippen LogP contribution < -0.4 is 25.0 Å². The lowest BCUT2D eigenvalue weighted by molar-refractivity contribution is 0.0982. The molecule has 2 fully saturated rings. The summed E-state index contributed by atoms with van der Waals surface area (Å²) >= 11 is 0. The fourth-order valence-corrected chi connectivity index (χ4v) is 6.70. The van der Waals surface area contributed by atoms with Crippen LogP contribution in [-0.2, 0) is 11.0 Å². The van der Waals surface area contributed by atoms with Crippen molar-refractivity contribution in [3.8, 4) is 5.75 Å². The van der Waals surface area contributed by atoms with Crippen molar-refractivity contribution < 1.29 is 8.95 Å². The quantitative estimate of drug-likeness (QED) is 0.243. The third-order valence-electron chi connectivity index (χ3n) is 8.74. The first-order chi connectivity index (χ1) is 21.8. The van der Waals surface area contributed by atoms with Crippen LogP contribution in [-0.4, -0.2) is 99.7 Å². The molecule has 1 unspecified atom stereocenters. The Morgan fingerprint density at radius 2 is 1.67 bits per heavy atom. The second-order valence-electron chi connectivity index (χ2n) is 11.8. The van der Waals surface area contributed by atoms with E-state index in [9.17, 15) is 4.21 Å². The molecule has 0 aliphatic carbocycles. The summed E-state index contributed by atoms with van der Waals surface area (Å²) in [6.45, 7) is 10.8. The Bertz CT molecular complexity index is 1690. The number of piperazine rings is 1. The first-order valence-corrected chi connectivity index (χ1v) is 16.9. The Morgan fingerprint density at radius 1 is 0.911 bits per heavy atom. The van der Waals surface area contributed by atoms with Gasteiger partial charge < -0.3 is 29.9 Å². The molecule has 1 atom stereocenters. The average molecular weight is 631 g/mol. The van der Waals surface area contributed by atoms with Crippen molar-refractivity contribution in [1.29, 1.82) is 0 Å². The zero-order valence-electron chi connectivity index (χ0n) is 26.6. The highest BCUT2D eigenvalue weighted by Gasteiger charge is 2.28. The monoisotopic (exact) mass is 630 g/mol. The van der Waals surface area contributed by atoms with Crippen molar-refractivity contribution in [3.63, 3.8) is 0 Å². The van der Waals surface area contributed by atoms with Crippen molar-refractivity contribution >= 4 is 56.5 Å². The molecule has 0 amide bonds. The van der Waals surface area contributed by atoms with Crippen LogP contribution in [0.5, 0.6) is 5.75 Å². The summed E-state index contributed by atoms with van der Waals surface area (Å²) in [6, 6.07) is 8.64. The van der Waals surface area contributed by atoms with E-state index < -0.39 is 11.0 Å². The molecular formula is C32H42N10O2S. The lowest BCUT2D eigenvalue weighted by Crippen LogP contribution is -2.52. The molecule has 45 heavy (non-hydrogen) atoms. The molecule has 238 valence electrons. The number of hydrogen-bond donors (Lipinski definition) is 3. The molecule has 6 rings (SSSR count). The minimum Gasteiger partial charge on any atom is -0.494 e. The predicted octanol–water partition coefficient (Wildman–Crippen LogP) is 4.45. The number of aryl methyl sites for hydroxylation is 2. The van der Waals surface area contributed by atoms with Gasteiger partial charge in [-0.3, -0.25) is 14.9 Å². The molecule has 3 N–H and O–H groups in total. The first kappa shape index (κ1) is 30.9. The maximum absolute atomic E-state index is 12.2. The number of nitrogens with one attached hydrogen (secondary N) is 3. The number of piperidine rings is 1. The Balaban J connectivity index is 1.19. The fourth-order valence-electron chi connectivity index (χ4n) is 6.21. The van der Waals surface area contributed by atoms with Crippen LogP contribution in [0.25, 0.3) is 11.0 Å². The maximum atomic E-state index is 12.2. The Labute approximate surface area is 267 Å². The van der Waals surface area contributed by atoms with E-state index in [0.29, 0.717) is 40.2 Å². The molecule has 0 bridgehead atoms. The third kappa shape index (κ3) is 6.95. The first-order valence-electron chi connectivity index (χ1n) is 15.4. The highest BCUT2D eigenvalue weighted by Crippen LogP contribution is 2.37. The SMILES string of the molecule is COc1cc(N2CCC(N3CCN(C)CC3)CC2)c(C)cc1Nc1ncc(C)c(Nc2ccc3nccnc3c2NS(C)=O)n1. The number of nitrogens with zero attached hydrogens (tertiary/aromatic N) is 7. The van der Waals surface area contributed by atoms with Gasteiger partial charge in [0, 0.05) is 87.5 Å². The van der Waals surface area contributed by atoms with Crippen LogP contribution in [0.15, 0.2) is 42.9 Å². The summed E-state index contributed by atoms with van der Waals surface area (Å²) in [6.07, 6.45) is 8.94. The number of ether oxygens (including phenoxy) is 1. The van der Waals surface area contributed by atoms with Crippen LogP contribution in [0.1, 0.15) is 24.0 Å². The molecule has 0 saturated carbocycles. The molecular weight excluding hydrogens is 588 g/mol. The highest BCUT2D eigenvalue weighted by atomic mass is 32.2. The molecule has 2 aliphatic rings. The molecule has 13 heteroatoms. The molecule has 0 radical (unpaired) electrons. The number of methoxy groups -OCH3 is 1. The second kappa shape index (κ2) is 13.5. The summed E-state index contributed by atoms with van der Waals surface area (Å²) in [5, 5.41) is 6.76. The molecule has 4 heterocycles.